The van der Waals surface area contributed by atoms with Crippen molar-refractivity contribution >= 4 is 21.8 Å². The Morgan fingerprint density at radius 3 is 2.00 bits per heavy atom. The number of nitrogens with zero attached hydrogens (tertiary/aromatic N) is 2. The maximum Gasteiger partial charge on any atom is 0.223 e. The van der Waals surface area contributed by atoms with Gasteiger partial charge < -0.3 is 9.32 Å². The quantitative estimate of drug-likeness (QED) is 0.302. The molecule has 1 aromatic heterocycles. The second kappa shape index (κ2) is 10.2. The van der Waals surface area contributed by atoms with Crippen LogP contribution in [-0.4, -0.2) is 15.8 Å². The lowest BCUT2D eigenvalue weighted by atomic mass is 10.1. The fourth-order valence-electron chi connectivity index (χ4n) is 3.39. The maximum absolute atomic E-state index is 13.1. The molecule has 0 aliphatic rings. The van der Waals surface area contributed by atoms with Crippen LogP contribution in [0.15, 0.2) is 100 Å². The third kappa shape index (κ3) is 5.92. The molecule has 1 amide bonds. The summed E-state index contributed by atoms with van der Waals surface area (Å²) in [5.41, 5.74) is 3.18. The predicted molar refractivity (Wildman–Crippen MR) is 125 cm³/mol. The lowest BCUT2D eigenvalue weighted by molar-refractivity contribution is -0.132. The van der Waals surface area contributed by atoms with E-state index in [-0.39, 0.29) is 5.91 Å². The molecule has 31 heavy (non-hydrogen) atoms. The number of carbonyl (C=O) groups is 1. The summed E-state index contributed by atoms with van der Waals surface area (Å²) >= 11 is 3.44. The van der Waals surface area contributed by atoms with E-state index < -0.39 is 0 Å². The topological polar surface area (TPSA) is 46.3 Å². The molecule has 156 valence electrons. The van der Waals surface area contributed by atoms with Crippen LogP contribution < -0.4 is 0 Å². The van der Waals surface area contributed by atoms with E-state index in [4.69, 9.17) is 4.42 Å². The number of hydrogen-bond donors (Lipinski definition) is 0. The van der Waals surface area contributed by atoms with E-state index in [2.05, 4.69) is 20.9 Å². The Labute approximate surface area is 190 Å². The van der Waals surface area contributed by atoms with E-state index in [0.29, 0.717) is 37.6 Å². The van der Waals surface area contributed by atoms with Crippen molar-refractivity contribution in [2.24, 2.45) is 0 Å². The molecule has 0 aliphatic carbocycles. The first-order valence-electron chi connectivity index (χ1n) is 10.2. The average Bonchev–Trinajstić information content (AvgIpc) is 3.28. The summed E-state index contributed by atoms with van der Waals surface area (Å²) in [6, 6.07) is 28.0. The van der Waals surface area contributed by atoms with E-state index in [1.165, 1.54) is 0 Å². The minimum atomic E-state index is 0.0797. The molecular weight excluding hydrogens is 452 g/mol. The second-order valence-corrected chi connectivity index (χ2v) is 8.26. The van der Waals surface area contributed by atoms with Gasteiger partial charge in [-0.1, -0.05) is 88.7 Å². The molecule has 0 atom stereocenters. The minimum absolute atomic E-state index is 0.0797. The molecule has 5 heteroatoms. The molecule has 4 rings (SSSR count). The molecule has 3 aromatic carbocycles. The van der Waals surface area contributed by atoms with Gasteiger partial charge in [0.2, 0.25) is 5.91 Å². The molecular formula is C26H23BrN2O2. The Hall–Kier alpha value is -3.18. The number of benzene rings is 3. The molecule has 1 heterocycles. The van der Waals surface area contributed by atoms with Crippen molar-refractivity contribution in [3.05, 3.63) is 113 Å². The molecule has 0 N–H and O–H groups in total. The summed E-state index contributed by atoms with van der Waals surface area (Å²) < 4.78 is 6.89. The lowest BCUT2D eigenvalue weighted by Crippen LogP contribution is -2.30. The fraction of sp³-hybridized carbons (Fsp3) is 0.154. The largest absolute Gasteiger partial charge is 0.441 e. The number of amides is 1. The molecule has 0 bridgehead atoms. The smallest absolute Gasteiger partial charge is 0.223 e. The zero-order chi connectivity index (χ0) is 21.5. The van der Waals surface area contributed by atoms with Crippen molar-refractivity contribution in [3.63, 3.8) is 0 Å². The Balaban J connectivity index is 1.42. The second-order valence-electron chi connectivity index (χ2n) is 7.35. The molecule has 0 spiro atoms. The van der Waals surface area contributed by atoms with Crippen molar-refractivity contribution in [1.82, 2.24) is 9.88 Å². The Morgan fingerprint density at radius 2 is 1.42 bits per heavy atom. The number of rotatable bonds is 8. The molecule has 0 unspecified atom stereocenters. The Morgan fingerprint density at radius 1 is 0.839 bits per heavy atom. The molecule has 0 saturated heterocycles. The normalized spacial score (nSPS) is 10.7. The number of aromatic nitrogens is 1. The van der Waals surface area contributed by atoms with Crippen LogP contribution in [0.5, 0.6) is 0 Å². The van der Waals surface area contributed by atoms with Crippen LogP contribution in [0.25, 0.3) is 11.3 Å². The van der Waals surface area contributed by atoms with Gasteiger partial charge in [-0.2, -0.15) is 0 Å². The highest BCUT2D eigenvalue weighted by Crippen LogP contribution is 2.23. The number of aryl methyl sites for hydroxylation is 1. The summed E-state index contributed by atoms with van der Waals surface area (Å²) in [5.74, 6) is 1.36. The van der Waals surface area contributed by atoms with E-state index in [1.807, 2.05) is 89.8 Å². The van der Waals surface area contributed by atoms with Crippen LogP contribution in [0.3, 0.4) is 0 Å². The first-order valence-corrected chi connectivity index (χ1v) is 11.0. The van der Waals surface area contributed by atoms with Crippen LogP contribution >= 0.6 is 15.9 Å². The van der Waals surface area contributed by atoms with Gasteiger partial charge in [-0.3, -0.25) is 4.79 Å². The molecule has 0 saturated carbocycles. The van der Waals surface area contributed by atoms with Gasteiger partial charge in [0.15, 0.2) is 11.7 Å². The third-order valence-corrected chi connectivity index (χ3v) is 5.55. The van der Waals surface area contributed by atoms with Crippen molar-refractivity contribution in [3.8, 4) is 11.3 Å². The van der Waals surface area contributed by atoms with Gasteiger partial charge in [-0.25, -0.2) is 4.98 Å². The monoisotopic (exact) mass is 474 g/mol. The number of halogens is 1. The highest BCUT2D eigenvalue weighted by molar-refractivity contribution is 9.10. The summed E-state index contributed by atoms with van der Waals surface area (Å²) in [5, 5.41) is 0. The first-order chi connectivity index (χ1) is 15.2. The first kappa shape index (κ1) is 21.1. The summed E-state index contributed by atoms with van der Waals surface area (Å²) in [4.78, 5) is 19.3. The van der Waals surface area contributed by atoms with Gasteiger partial charge in [0.05, 0.1) is 6.20 Å². The molecule has 0 fully saturated rings. The average molecular weight is 475 g/mol. The van der Waals surface area contributed by atoms with E-state index >= 15 is 0 Å². The highest BCUT2D eigenvalue weighted by atomic mass is 79.9. The number of carbonyl (C=O) groups excluding carboxylic acids is 1. The van der Waals surface area contributed by atoms with Gasteiger partial charge in [-0.15, -0.1) is 0 Å². The van der Waals surface area contributed by atoms with Gasteiger partial charge in [0, 0.05) is 36.0 Å². The zero-order valence-corrected chi connectivity index (χ0v) is 18.7. The molecule has 0 aliphatic heterocycles. The predicted octanol–water partition coefficient (Wildman–Crippen LogP) is 6.27. The van der Waals surface area contributed by atoms with Crippen molar-refractivity contribution in [1.29, 1.82) is 0 Å². The van der Waals surface area contributed by atoms with Crippen molar-refractivity contribution in [2.45, 2.75) is 25.9 Å². The lowest BCUT2D eigenvalue weighted by Gasteiger charge is -2.23. The van der Waals surface area contributed by atoms with Crippen LogP contribution in [-0.2, 0) is 24.3 Å². The van der Waals surface area contributed by atoms with Crippen molar-refractivity contribution in [2.75, 3.05) is 0 Å². The number of oxazole rings is 1. The van der Waals surface area contributed by atoms with E-state index in [1.54, 1.807) is 6.20 Å². The molecule has 4 aromatic rings. The van der Waals surface area contributed by atoms with Gasteiger partial charge in [0.1, 0.15) is 0 Å². The summed E-state index contributed by atoms with van der Waals surface area (Å²) in [7, 11) is 0. The summed E-state index contributed by atoms with van der Waals surface area (Å²) in [6.07, 6.45) is 2.53. The Kier molecular flexibility index (Phi) is 6.95. The number of hydrogen-bond acceptors (Lipinski definition) is 3. The molecule has 4 nitrogen and oxygen atoms in total. The fourth-order valence-corrected chi connectivity index (χ4v) is 3.65. The van der Waals surface area contributed by atoms with Crippen LogP contribution in [0, 0.1) is 0 Å². The van der Waals surface area contributed by atoms with Crippen molar-refractivity contribution < 1.29 is 9.21 Å². The van der Waals surface area contributed by atoms with Crippen LogP contribution in [0.4, 0.5) is 0 Å². The highest BCUT2D eigenvalue weighted by Gasteiger charge is 2.16. The SMILES string of the molecule is O=C(CCc1ncc(-c2ccc(Br)cc2)o1)N(Cc1ccccc1)Cc1ccccc1. The van der Waals surface area contributed by atoms with Gasteiger partial charge in [0.25, 0.3) is 0 Å². The zero-order valence-electron chi connectivity index (χ0n) is 17.1. The standard InChI is InChI=1S/C26H23BrN2O2/c27-23-13-11-22(12-14-23)24-17-28-25(31-24)15-16-26(30)29(18-20-7-3-1-4-8-20)19-21-9-5-2-6-10-21/h1-14,17H,15-16,18-19H2. The Bertz CT molecular complexity index is 1070. The summed E-state index contributed by atoms with van der Waals surface area (Å²) in [6.45, 7) is 1.15. The molecule has 0 radical (unpaired) electrons. The van der Waals surface area contributed by atoms with E-state index in [9.17, 15) is 4.79 Å². The van der Waals surface area contributed by atoms with Crippen LogP contribution in [0.1, 0.15) is 23.4 Å². The van der Waals surface area contributed by atoms with E-state index in [0.717, 1.165) is 21.2 Å². The van der Waals surface area contributed by atoms with Gasteiger partial charge >= 0.3 is 0 Å². The maximum atomic E-state index is 13.1. The minimum Gasteiger partial charge on any atom is -0.441 e. The third-order valence-electron chi connectivity index (χ3n) is 5.02. The van der Waals surface area contributed by atoms with Gasteiger partial charge in [-0.05, 0) is 23.3 Å². The van der Waals surface area contributed by atoms with Crippen LogP contribution in [0.2, 0.25) is 0 Å².